The number of carbonyl (C=O) groups excluding carboxylic acids is 2. The zero-order chi connectivity index (χ0) is 17.5. The number of benzene rings is 1. The van der Waals surface area contributed by atoms with Crippen LogP contribution in [0.2, 0.25) is 0 Å². The molecule has 0 unspecified atom stereocenters. The highest BCUT2D eigenvalue weighted by atomic mass is 32.2. The lowest BCUT2D eigenvalue weighted by atomic mass is 10.2. The molecule has 1 fully saturated rings. The number of carbonyl (C=O) groups is 2. The van der Waals surface area contributed by atoms with Crippen molar-refractivity contribution >= 4 is 23.6 Å². The van der Waals surface area contributed by atoms with Gasteiger partial charge in [-0.3, -0.25) is 9.59 Å². The molecule has 2 heterocycles. The van der Waals surface area contributed by atoms with Crippen molar-refractivity contribution in [2.45, 2.75) is 24.2 Å². The second-order valence-electron chi connectivity index (χ2n) is 6.07. The number of H-pyrrole nitrogens is 1. The van der Waals surface area contributed by atoms with Crippen LogP contribution in [-0.2, 0) is 0 Å². The first-order valence-corrected chi connectivity index (χ1v) is 9.66. The summed E-state index contributed by atoms with van der Waals surface area (Å²) >= 11 is 1.78. The molecule has 5 nitrogen and oxygen atoms in total. The van der Waals surface area contributed by atoms with Gasteiger partial charge in [-0.1, -0.05) is 18.2 Å². The van der Waals surface area contributed by atoms with Crippen LogP contribution in [0, 0.1) is 0 Å². The maximum absolute atomic E-state index is 12.3. The summed E-state index contributed by atoms with van der Waals surface area (Å²) in [5.41, 5.74) is 1.00. The molecule has 1 aliphatic heterocycles. The molecule has 132 valence electrons. The normalized spacial score (nSPS) is 13.8. The molecule has 0 radical (unpaired) electrons. The molecular formula is C19H23N3O2S. The molecule has 6 heteroatoms. The standard InChI is InChI=1S/C19H23N3O2S/c23-18(20-9-6-12-25-16-7-2-1-3-8-16)15-13-17(21-14-15)19(24)22-10-4-5-11-22/h1-3,7-8,13-14,21H,4-6,9-12H2,(H,20,23). The molecule has 2 N–H and O–H groups in total. The van der Waals surface area contributed by atoms with Gasteiger partial charge in [-0.25, -0.2) is 0 Å². The molecule has 25 heavy (non-hydrogen) atoms. The van der Waals surface area contributed by atoms with Gasteiger partial charge in [0.1, 0.15) is 5.69 Å². The number of nitrogens with one attached hydrogen (secondary N) is 2. The maximum Gasteiger partial charge on any atom is 0.270 e. The van der Waals surface area contributed by atoms with E-state index >= 15 is 0 Å². The molecule has 0 bridgehead atoms. The van der Waals surface area contributed by atoms with E-state index in [2.05, 4.69) is 22.4 Å². The number of nitrogens with zero attached hydrogens (tertiary/aromatic N) is 1. The van der Waals surface area contributed by atoms with Crippen LogP contribution in [0.1, 0.15) is 40.1 Å². The molecule has 0 atom stereocenters. The van der Waals surface area contributed by atoms with Crippen molar-refractivity contribution < 1.29 is 9.59 Å². The third-order valence-corrected chi connectivity index (χ3v) is 5.29. The predicted octanol–water partition coefficient (Wildman–Crippen LogP) is 3.16. The van der Waals surface area contributed by atoms with Gasteiger partial charge in [-0.05, 0) is 43.2 Å². The number of aromatic amines is 1. The Hall–Kier alpha value is -2.21. The zero-order valence-electron chi connectivity index (χ0n) is 14.2. The van der Waals surface area contributed by atoms with Gasteiger partial charge in [0.25, 0.3) is 11.8 Å². The third-order valence-electron chi connectivity index (χ3n) is 4.19. The fraction of sp³-hybridized carbons (Fsp3) is 0.368. The van der Waals surface area contributed by atoms with Gasteiger partial charge in [0.05, 0.1) is 5.56 Å². The summed E-state index contributed by atoms with van der Waals surface area (Å²) in [6.07, 6.45) is 4.62. The van der Waals surface area contributed by atoms with Gasteiger partial charge in [-0.2, -0.15) is 0 Å². The van der Waals surface area contributed by atoms with Crippen LogP contribution in [0.15, 0.2) is 47.5 Å². The van der Waals surface area contributed by atoms with Crippen LogP contribution >= 0.6 is 11.8 Å². The Kier molecular flexibility index (Phi) is 6.17. The molecule has 0 spiro atoms. The smallest absolute Gasteiger partial charge is 0.270 e. The Morgan fingerprint density at radius 1 is 1.16 bits per heavy atom. The Bertz CT molecular complexity index is 708. The van der Waals surface area contributed by atoms with Gasteiger partial charge in [-0.15, -0.1) is 11.8 Å². The van der Waals surface area contributed by atoms with Gasteiger partial charge in [0, 0.05) is 30.7 Å². The largest absolute Gasteiger partial charge is 0.356 e. The first kappa shape index (κ1) is 17.6. The van der Waals surface area contributed by atoms with Crippen LogP contribution in [0.4, 0.5) is 0 Å². The molecule has 1 aliphatic rings. The summed E-state index contributed by atoms with van der Waals surface area (Å²) in [7, 11) is 0. The van der Waals surface area contributed by atoms with Gasteiger partial charge >= 0.3 is 0 Å². The second-order valence-corrected chi connectivity index (χ2v) is 7.24. The molecule has 3 rings (SSSR count). The number of amides is 2. The molecule has 1 aromatic carbocycles. The van der Waals surface area contributed by atoms with Crippen LogP contribution in [0.3, 0.4) is 0 Å². The lowest BCUT2D eigenvalue weighted by molar-refractivity contribution is 0.0787. The van der Waals surface area contributed by atoms with E-state index in [1.54, 1.807) is 24.0 Å². The number of hydrogen-bond donors (Lipinski definition) is 2. The third kappa shape index (κ3) is 4.89. The Balaban J connectivity index is 1.40. The quantitative estimate of drug-likeness (QED) is 0.591. The Labute approximate surface area is 152 Å². The molecule has 0 saturated carbocycles. The Morgan fingerprint density at radius 2 is 1.92 bits per heavy atom. The van der Waals surface area contributed by atoms with Crippen LogP contribution in [0.5, 0.6) is 0 Å². The van der Waals surface area contributed by atoms with E-state index in [1.165, 1.54) is 4.90 Å². The van der Waals surface area contributed by atoms with E-state index < -0.39 is 0 Å². The topological polar surface area (TPSA) is 65.2 Å². The summed E-state index contributed by atoms with van der Waals surface area (Å²) in [5.74, 6) is 0.799. The fourth-order valence-electron chi connectivity index (χ4n) is 2.82. The number of aromatic nitrogens is 1. The van der Waals surface area contributed by atoms with Gasteiger partial charge < -0.3 is 15.2 Å². The van der Waals surface area contributed by atoms with Crippen molar-refractivity contribution in [3.05, 3.63) is 53.9 Å². The number of likely N-dealkylation sites (tertiary alicyclic amines) is 1. The average Bonchev–Trinajstić information content (AvgIpc) is 3.33. The van der Waals surface area contributed by atoms with E-state index in [-0.39, 0.29) is 11.8 Å². The first-order valence-electron chi connectivity index (χ1n) is 8.68. The van der Waals surface area contributed by atoms with Crippen molar-refractivity contribution in [1.82, 2.24) is 15.2 Å². The van der Waals surface area contributed by atoms with E-state index in [1.807, 2.05) is 23.1 Å². The molecule has 1 aromatic heterocycles. The lowest BCUT2D eigenvalue weighted by Crippen LogP contribution is -2.28. The highest BCUT2D eigenvalue weighted by Crippen LogP contribution is 2.17. The second kappa shape index (κ2) is 8.76. The summed E-state index contributed by atoms with van der Waals surface area (Å²) in [6, 6.07) is 11.9. The minimum atomic E-state index is -0.138. The molecule has 1 saturated heterocycles. The van der Waals surface area contributed by atoms with Gasteiger partial charge in [0.2, 0.25) is 0 Å². The van der Waals surface area contributed by atoms with Crippen molar-refractivity contribution in [1.29, 1.82) is 0 Å². The van der Waals surface area contributed by atoms with Gasteiger partial charge in [0.15, 0.2) is 0 Å². The Morgan fingerprint density at radius 3 is 2.68 bits per heavy atom. The van der Waals surface area contributed by atoms with E-state index in [9.17, 15) is 9.59 Å². The summed E-state index contributed by atoms with van der Waals surface area (Å²) in [6.45, 7) is 2.23. The van der Waals surface area contributed by atoms with Crippen LogP contribution in [0.25, 0.3) is 0 Å². The number of thioether (sulfide) groups is 1. The van der Waals surface area contributed by atoms with E-state index in [0.717, 1.165) is 38.1 Å². The van der Waals surface area contributed by atoms with E-state index in [0.29, 0.717) is 17.8 Å². The lowest BCUT2D eigenvalue weighted by Gasteiger charge is -2.13. The zero-order valence-corrected chi connectivity index (χ0v) is 15.0. The molecule has 0 aliphatic carbocycles. The maximum atomic E-state index is 12.3. The highest BCUT2D eigenvalue weighted by molar-refractivity contribution is 7.99. The van der Waals surface area contributed by atoms with Crippen molar-refractivity contribution in [2.24, 2.45) is 0 Å². The fourth-order valence-corrected chi connectivity index (χ4v) is 3.70. The summed E-state index contributed by atoms with van der Waals surface area (Å²) in [4.78, 5) is 30.4. The monoisotopic (exact) mass is 357 g/mol. The average molecular weight is 357 g/mol. The molecule has 2 aromatic rings. The number of hydrogen-bond acceptors (Lipinski definition) is 3. The van der Waals surface area contributed by atoms with E-state index in [4.69, 9.17) is 0 Å². The first-order chi connectivity index (χ1) is 12.2. The van der Waals surface area contributed by atoms with Crippen molar-refractivity contribution in [3.63, 3.8) is 0 Å². The summed E-state index contributed by atoms with van der Waals surface area (Å²) in [5, 5.41) is 2.91. The molecular weight excluding hydrogens is 334 g/mol. The minimum absolute atomic E-state index is 0.0178. The van der Waals surface area contributed by atoms with Crippen molar-refractivity contribution in [2.75, 3.05) is 25.4 Å². The highest BCUT2D eigenvalue weighted by Gasteiger charge is 2.21. The van der Waals surface area contributed by atoms with Crippen molar-refractivity contribution in [3.8, 4) is 0 Å². The SMILES string of the molecule is O=C(NCCCSc1ccccc1)c1c[nH]c(C(=O)N2CCCC2)c1. The van der Waals surface area contributed by atoms with Crippen LogP contribution < -0.4 is 5.32 Å². The summed E-state index contributed by atoms with van der Waals surface area (Å²) < 4.78 is 0. The van der Waals surface area contributed by atoms with Crippen LogP contribution in [-0.4, -0.2) is 47.1 Å². The predicted molar refractivity (Wildman–Crippen MR) is 100 cm³/mol. The molecule has 2 amide bonds. The minimum Gasteiger partial charge on any atom is -0.356 e. The number of rotatable bonds is 7.